The highest BCUT2D eigenvalue weighted by atomic mass is 32.2. The van der Waals surface area contributed by atoms with Gasteiger partial charge in [-0.2, -0.15) is 0 Å². The third-order valence-corrected chi connectivity index (χ3v) is 6.40. The van der Waals surface area contributed by atoms with Gasteiger partial charge in [-0.05, 0) is 55.7 Å². The standard InChI is InChI=1S/C22H30N2O6S/c1-5-6-15(2)24-31(27,28)21-14-17(22(25)26)8-9-18(21)23-12-11-16-7-10-19(29-3)20(13-16)30-4/h7-10,13-15,23-24H,5-6,11-12H2,1-4H3,(H,25,26)/t15-/m1/s1. The van der Waals surface area contributed by atoms with Crippen LogP contribution in [-0.2, 0) is 16.4 Å². The van der Waals surface area contributed by atoms with Gasteiger partial charge in [0.05, 0.1) is 25.5 Å². The third kappa shape index (κ3) is 6.60. The Morgan fingerprint density at radius 3 is 2.42 bits per heavy atom. The van der Waals surface area contributed by atoms with Crippen LogP contribution < -0.4 is 19.5 Å². The highest BCUT2D eigenvalue weighted by Gasteiger charge is 2.22. The van der Waals surface area contributed by atoms with Gasteiger partial charge in [0.1, 0.15) is 4.90 Å². The number of benzene rings is 2. The summed E-state index contributed by atoms with van der Waals surface area (Å²) in [5.41, 5.74) is 1.24. The SMILES string of the molecule is CCC[C@@H](C)NS(=O)(=O)c1cc(C(=O)O)ccc1NCCc1ccc(OC)c(OC)c1. The lowest BCUT2D eigenvalue weighted by molar-refractivity contribution is 0.0696. The molecule has 9 heteroatoms. The molecule has 2 rings (SSSR count). The van der Waals surface area contributed by atoms with E-state index in [1.54, 1.807) is 21.1 Å². The number of hydrogen-bond donors (Lipinski definition) is 3. The van der Waals surface area contributed by atoms with Gasteiger partial charge in [-0.1, -0.05) is 19.4 Å². The first-order valence-electron chi connectivity index (χ1n) is 10.1. The van der Waals surface area contributed by atoms with E-state index in [0.717, 1.165) is 12.0 Å². The minimum absolute atomic E-state index is 0.0809. The summed E-state index contributed by atoms with van der Waals surface area (Å²) in [6.07, 6.45) is 2.11. The molecule has 0 aliphatic carbocycles. The van der Waals surface area contributed by atoms with E-state index in [1.165, 1.54) is 18.2 Å². The van der Waals surface area contributed by atoms with Crippen LogP contribution in [0.2, 0.25) is 0 Å². The fourth-order valence-electron chi connectivity index (χ4n) is 3.22. The van der Waals surface area contributed by atoms with E-state index in [9.17, 15) is 18.3 Å². The summed E-state index contributed by atoms with van der Waals surface area (Å²) in [6, 6.07) is 9.37. The van der Waals surface area contributed by atoms with Crippen LogP contribution in [0.5, 0.6) is 11.5 Å². The lowest BCUT2D eigenvalue weighted by atomic mass is 10.1. The van der Waals surface area contributed by atoms with Crippen LogP contribution in [0.25, 0.3) is 0 Å². The van der Waals surface area contributed by atoms with E-state index in [-0.39, 0.29) is 16.5 Å². The molecule has 0 bridgehead atoms. The summed E-state index contributed by atoms with van der Waals surface area (Å²) in [5.74, 6) is 0.0576. The fraction of sp³-hybridized carbons (Fsp3) is 0.409. The zero-order valence-electron chi connectivity index (χ0n) is 18.3. The highest BCUT2D eigenvalue weighted by molar-refractivity contribution is 7.89. The molecule has 170 valence electrons. The molecular weight excluding hydrogens is 420 g/mol. The van der Waals surface area contributed by atoms with E-state index in [1.807, 2.05) is 25.1 Å². The van der Waals surface area contributed by atoms with Gasteiger partial charge >= 0.3 is 5.97 Å². The van der Waals surface area contributed by atoms with Gasteiger partial charge in [0.2, 0.25) is 10.0 Å². The second kappa shape index (κ2) is 11.0. The van der Waals surface area contributed by atoms with E-state index < -0.39 is 16.0 Å². The summed E-state index contributed by atoms with van der Waals surface area (Å²) in [7, 11) is -0.766. The van der Waals surface area contributed by atoms with Gasteiger partial charge in [0.15, 0.2) is 11.5 Å². The van der Waals surface area contributed by atoms with Gasteiger partial charge in [0.25, 0.3) is 0 Å². The van der Waals surface area contributed by atoms with Gasteiger partial charge in [0, 0.05) is 12.6 Å². The second-order valence-corrected chi connectivity index (χ2v) is 8.88. The van der Waals surface area contributed by atoms with Crippen molar-refractivity contribution < 1.29 is 27.8 Å². The quantitative estimate of drug-likeness (QED) is 0.453. The van der Waals surface area contributed by atoms with Crippen LogP contribution in [0, 0.1) is 0 Å². The van der Waals surface area contributed by atoms with Crippen molar-refractivity contribution in [3.63, 3.8) is 0 Å². The molecule has 1 atom stereocenters. The first-order chi connectivity index (χ1) is 14.7. The number of carbonyl (C=O) groups is 1. The Bertz CT molecular complexity index is 1010. The average Bonchev–Trinajstić information content (AvgIpc) is 2.73. The van der Waals surface area contributed by atoms with Crippen molar-refractivity contribution in [2.24, 2.45) is 0 Å². The van der Waals surface area contributed by atoms with Crippen molar-refractivity contribution in [2.75, 3.05) is 26.1 Å². The molecule has 0 fully saturated rings. The van der Waals surface area contributed by atoms with Crippen molar-refractivity contribution in [3.8, 4) is 11.5 Å². The molecule has 0 spiro atoms. The monoisotopic (exact) mass is 450 g/mol. The summed E-state index contributed by atoms with van der Waals surface area (Å²) in [6.45, 7) is 4.19. The molecule has 0 amide bonds. The van der Waals surface area contributed by atoms with Crippen molar-refractivity contribution in [1.82, 2.24) is 4.72 Å². The summed E-state index contributed by atoms with van der Waals surface area (Å²) < 4.78 is 39.0. The van der Waals surface area contributed by atoms with E-state index >= 15 is 0 Å². The van der Waals surface area contributed by atoms with Crippen molar-refractivity contribution in [3.05, 3.63) is 47.5 Å². The molecule has 2 aromatic rings. The van der Waals surface area contributed by atoms with E-state index in [2.05, 4.69) is 10.0 Å². The smallest absolute Gasteiger partial charge is 0.335 e. The third-order valence-electron chi connectivity index (χ3n) is 4.77. The number of rotatable bonds is 12. The minimum Gasteiger partial charge on any atom is -0.493 e. The van der Waals surface area contributed by atoms with E-state index in [0.29, 0.717) is 36.6 Å². The second-order valence-electron chi connectivity index (χ2n) is 7.19. The molecule has 0 aliphatic rings. The number of carboxylic acids is 1. The van der Waals surface area contributed by atoms with Gasteiger partial charge in [-0.15, -0.1) is 0 Å². The average molecular weight is 451 g/mol. The van der Waals surface area contributed by atoms with Gasteiger partial charge in [-0.25, -0.2) is 17.9 Å². The Morgan fingerprint density at radius 2 is 1.81 bits per heavy atom. The zero-order chi connectivity index (χ0) is 23.0. The maximum absolute atomic E-state index is 12.9. The van der Waals surface area contributed by atoms with Crippen molar-refractivity contribution >= 4 is 21.7 Å². The Morgan fingerprint density at radius 1 is 1.10 bits per heavy atom. The Kier molecular flexibility index (Phi) is 8.70. The normalized spacial score (nSPS) is 12.3. The summed E-state index contributed by atoms with van der Waals surface area (Å²) in [4.78, 5) is 11.3. The number of methoxy groups -OCH3 is 2. The number of nitrogens with one attached hydrogen (secondary N) is 2. The van der Waals surface area contributed by atoms with E-state index in [4.69, 9.17) is 9.47 Å². The molecule has 31 heavy (non-hydrogen) atoms. The first kappa shape index (κ1) is 24.5. The lowest BCUT2D eigenvalue weighted by Gasteiger charge is -2.17. The minimum atomic E-state index is -3.90. The van der Waals surface area contributed by atoms with Gasteiger partial charge in [-0.3, -0.25) is 0 Å². The van der Waals surface area contributed by atoms with Crippen LogP contribution >= 0.6 is 0 Å². The van der Waals surface area contributed by atoms with Crippen molar-refractivity contribution in [2.45, 2.75) is 44.0 Å². The topological polar surface area (TPSA) is 114 Å². The molecule has 0 radical (unpaired) electrons. The van der Waals surface area contributed by atoms with Crippen LogP contribution in [0.15, 0.2) is 41.3 Å². The molecular formula is C22H30N2O6S. The molecule has 0 aromatic heterocycles. The predicted octanol–water partition coefficient (Wildman–Crippen LogP) is 3.52. The number of anilines is 1. The number of aromatic carboxylic acids is 1. The maximum atomic E-state index is 12.9. The van der Waals surface area contributed by atoms with Crippen LogP contribution in [0.3, 0.4) is 0 Å². The first-order valence-corrected chi connectivity index (χ1v) is 11.5. The molecule has 0 saturated carbocycles. The predicted molar refractivity (Wildman–Crippen MR) is 120 cm³/mol. The highest BCUT2D eigenvalue weighted by Crippen LogP contribution is 2.28. The Hall–Kier alpha value is -2.78. The molecule has 3 N–H and O–H groups in total. The van der Waals surface area contributed by atoms with Crippen molar-refractivity contribution in [1.29, 1.82) is 0 Å². The molecule has 0 unspecified atom stereocenters. The Labute approximate surface area is 183 Å². The van der Waals surface area contributed by atoms with Gasteiger partial charge < -0.3 is 19.9 Å². The fourth-order valence-corrected chi connectivity index (χ4v) is 4.71. The lowest BCUT2D eigenvalue weighted by Crippen LogP contribution is -2.33. The number of sulfonamides is 1. The Balaban J connectivity index is 2.23. The van der Waals surface area contributed by atoms with Crippen LogP contribution in [-0.4, -0.2) is 46.3 Å². The summed E-state index contributed by atoms with van der Waals surface area (Å²) in [5, 5.41) is 12.4. The molecule has 8 nitrogen and oxygen atoms in total. The molecule has 2 aromatic carbocycles. The number of carboxylic acid groups (broad SMARTS) is 1. The largest absolute Gasteiger partial charge is 0.493 e. The molecule has 0 heterocycles. The van der Waals surface area contributed by atoms with Crippen LogP contribution in [0.4, 0.5) is 5.69 Å². The zero-order valence-corrected chi connectivity index (χ0v) is 19.1. The molecule has 0 saturated heterocycles. The maximum Gasteiger partial charge on any atom is 0.335 e. The summed E-state index contributed by atoms with van der Waals surface area (Å²) >= 11 is 0. The number of hydrogen-bond acceptors (Lipinski definition) is 6. The number of ether oxygens (including phenoxy) is 2. The molecule has 0 aliphatic heterocycles. The van der Waals surface area contributed by atoms with Crippen LogP contribution in [0.1, 0.15) is 42.6 Å².